The van der Waals surface area contributed by atoms with E-state index in [9.17, 15) is 19.2 Å². The van der Waals surface area contributed by atoms with Crippen LogP contribution in [0.4, 0.5) is 10.2 Å². The molecule has 3 rings (SSSR count). The summed E-state index contributed by atoms with van der Waals surface area (Å²) in [5.74, 6) is -1.43. The number of aromatic nitrogens is 1. The van der Waals surface area contributed by atoms with Gasteiger partial charge in [0.2, 0.25) is 0 Å². The van der Waals surface area contributed by atoms with Gasteiger partial charge in [-0.1, -0.05) is 30.3 Å². The third kappa shape index (κ3) is 5.06. The molecule has 0 saturated heterocycles. The van der Waals surface area contributed by atoms with Gasteiger partial charge in [-0.2, -0.15) is 5.26 Å². The van der Waals surface area contributed by atoms with Gasteiger partial charge in [0.1, 0.15) is 17.7 Å². The van der Waals surface area contributed by atoms with Gasteiger partial charge in [-0.15, -0.1) is 0 Å². The monoisotopic (exact) mass is 417 g/mol. The molecule has 1 heterocycles. The van der Waals surface area contributed by atoms with Crippen LogP contribution in [0.5, 0.6) is 0 Å². The Morgan fingerprint density at radius 1 is 1.16 bits per heavy atom. The lowest BCUT2D eigenvalue weighted by molar-refractivity contribution is -0.142. The summed E-state index contributed by atoms with van der Waals surface area (Å²) >= 11 is 0. The predicted octanol–water partition coefficient (Wildman–Crippen LogP) is 4.30. The summed E-state index contributed by atoms with van der Waals surface area (Å²) in [6.45, 7) is 3.13. The molecule has 2 aromatic carbocycles. The van der Waals surface area contributed by atoms with Gasteiger partial charge >= 0.3 is 5.97 Å². The minimum absolute atomic E-state index is 0.319. The van der Waals surface area contributed by atoms with Crippen LogP contribution in [0, 0.1) is 31.0 Å². The van der Waals surface area contributed by atoms with Crippen LogP contribution < -0.4 is 5.32 Å². The van der Waals surface area contributed by atoms with Crippen LogP contribution in [0.3, 0.4) is 0 Å². The molecule has 1 aromatic heterocycles. The summed E-state index contributed by atoms with van der Waals surface area (Å²) in [5.41, 5.74) is 3.18. The molecule has 0 radical (unpaired) electrons. The molecular formula is C24H20FN3O3. The Morgan fingerprint density at radius 2 is 1.90 bits per heavy atom. The van der Waals surface area contributed by atoms with E-state index in [0.29, 0.717) is 16.9 Å². The summed E-state index contributed by atoms with van der Waals surface area (Å²) in [6.07, 6.45) is 2.51. The van der Waals surface area contributed by atoms with E-state index in [1.165, 1.54) is 24.3 Å². The van der Waals surface area contributed by atoms with E-state index in [1.807, 2.05) is 37.3 Å². The molecule has 156 valence electrons. The lowest BCUT2D eigenvalue weighted by atomic mass is 10.2. The summed E-state index contributed by atoms with van der Waals surface area (Å²) < 4.78 is 19.9. The molecule has 0 spiro atoms. The van der Waals surface area contributed by atoms with Crippen LogP contribution in [-0.2, 0) is 14.3 Å². The van der Waals surface area contributed by atoms with E-state index in [2.05, 4.69) is 11.4 Å². The summed E-state index contributed by atoms with van der Waals surface area (Å²) in [4.78, 5) is 24.3. The molecule has 6 nitrogen and oxygen atoms in total. The van der Waals surface area contributed by atoms with Crippen molar-refractivity contribution in [1.29, 1.82) is 5.26 Å². The summed E-state index contributed by atoms with van der Waals surface area (Å²) in [7, 11) is 0. The molecule has 31 heavy (non-hydrogen) atoms. The van der Waals surface area contributed by atoms with E-state index < -0.39 is 24.3 Å². The van der Waals surface area contributed by atoms with Crippen molar-refractivity contribution in [1.82, 2.24) is 4.57 Å². The molecular weight excluding hydrogens is 397 g/mol. The number of rotatable bonds is 6. The van der Waals surface area contributed by atoms with Gasteiger partial charge in [0, 0.05) is 17.5 Å². The van der Waals surface area contributed by atoms with Crippen LogP contribution in [0.1, 0.15) is 22.4 Å². The number of anilines is 1. The second kappa shape index (κ2) is 9.55. The van der Waals surface area contributed by atoms with Crippen molar-refractivity contribution < 1.29 is 18.7 Å². The number of nitriles is 1. The van der Waals surface area contributed by atoms with Crippen molar-refractivity contribution in [2.75, 3.05) is 11.9 Å². The lowest BCUT2D eigenvalue weighted by Gasteiger charge is -2.13. The molecule has 1 N–H and O–H groups in total. The van der Waals surface area contributed by atoms with Gasteiger partial charge in [-0.3, -0.25) is 9.36 Å². The molecule has 0 bridgehead atoms. The fourth-order valence-corrected chi connectivity index (χ4v) is 3.09. The fraction of sp³-hybridized carbons (Fsp3) is 0.125. The fourth-order valence-electron chi connectivity index (χ4n) is 3.09. The zero-order valence-electron chi connectivity index (χ0n) is 17.1. The Morgan fingerprint density at radius 3 is 2.58 bits per heavy atom. The molecule has 0 aliphatic heterocycles. The number of carbonyl (C=O) groups excluding carboxylic acids is 2. The summed E-state index contributed by atoms with van der Waals surface area (Å²) in [6, 6.07) is 17.1. The third-order valence-corrected chi connectivity index (χ3v) is 4.70. The number of hydrogen-bond acceptors (Lipinski definition) is 4. The average molecular weight is 417 g/mol. The van der Waals surface area contributed by atoms with Crippen LogP contribution in [-0.4, -0.2) is 23.1 Å². The van der Waals surface area contributed by atoms with Gasteiger partial charge in [-0.05, 0) is 55.3 Å². The number of benzene rings is 2. The molecule has 0 aliphatic carbocycles. The van der Waals surface area contributed by atoms with Crippen LogP contribution >= 0.6 is 0 Å². The van der Waals surface area contributed by atoms with E-state index >= 15 is 0 Å². The summed E-state index contributed by atoms with van der Waals surface area (Å²) in [5, 5.41) is 12.3. The van der Waals surface area contributed by atoms with Crippen molar-refractivity contribution >= 4 is 23.8 Å². The minimum atomic E-state index is -0.745. The maximum absolute atomic E-state index is 13.2. The van der Waals surface area contributed by atoms with Crippen molar-refractivity contribution in [2.45, 2.75) is 13.8 Å². The number of nitrogens with zero attached hydrogens (tertiary/aromatic N) is 2. The first-order chi connectivity index (χ1) is 14.9. The normalized spacial score (nSPS) is 10.6. The maximum Gasteiger partial charge on any atom is 0.331 e. The number of hydrogen-bond donors (Lipinski definition) is 1. The van der Waals surface area contributed by atoms with Crippen molar-refractivity contribution in [3.05, 3.63) is 88.9 Å². The zero-order valence-corrected chi connectivity index (χ0v) is 17.1. The number of carbonyl (C=O) groups is 2. The van der Waals surface area contributed by atoms with Gasteiger partial charge in [0.25, 0.3) is 5.91 Å². The van der Waals surface area contributed by atoms with E-state index in [0.717, 1.165) is 23.0 Å². The quantitative estimate of drug-likeness (QED) is 0.479. The molecule has 0 unspecified atom stereocenters. The molecule has 0 saturated carbocycles. The van der Waals surface area contributed by atoms with Crippen molar-refractivity contribution in [3.63, 3.8) is 0 Å². The Bertz CT molecular complexity index is 1190. The topological polar surface area (TPSA) is 84.1 Å². The maximum atomic E-state index is 13.2. The third-order valence-electron chi connectivity index (χ3n) is 4.70. The van der Waals surface area contributed by atoms with E-state index in [4.69, 9.17) is 4.74 Å². The Kier molecular flexibility index (Phi) is 6.63. The number of halogens is 1. The average Bonchev–Trinajstić information content (AvgIpc) is 3.00. The molecule has 3 aromatic rings. The van der Waals surface area contributed by atoms with Crippen LogP contribution in [0.2, 0.25) is 0 Å². The number of esters is 1. The molecule has 7 heteroatoms. The Hall–Kier alpha value is -4.18. The minimum Gasteiger partial charge on any atom is -0.452 e. The highest BCUT2D eigenvalue weighted by atomic mass is 19.1. The number of ether oxygens (including phenoxy) is 1. The number of para-hydroxylation sites is 1. The second-order valence-corrected chi connectivity index (χ2v) is 6.76. The lowest BCUT2D eigenvalue weighted by Crippen LogP contribution is -2.22. The first-order valence-corrected chi connectivity index (χ1v) is 9.48. The first kappa shape index (κ1) is 21.5. The smallest absolute Gasteiger partial charge is 0.331 e. The largest absolute Gasteiger partial charge is 0.452 e. The van der Waals surface area contributed by atoms with Gasteiger partial charge in [0.05, 0.1) is 5.56 Å². The van der Waals surface area contributed by atoms with Crippen molar-refractivity contribution in [3.8, 4) is 11.8 Å². The van der Waals surface area contributed by atoms with Crippen molar-refractivity contribution in [2.24, 2.45) is 0 Å². The van der Waals surface area contributed by atoms with Gasteiger partial charge in [0.15, 0.2) is 6.61 Å². The van der Waals surface area contributed by atoms with Gasteiger partial charge in [-0.25, -0.2) is 9.18 Å². The van der Waals surface area contributed by atoms with Gasteiger partial charge < -0.3 is 10.1 Å². The SMILES string of the molecule is Cc1c(C#N)c(NC(=O)COC(=O)/C=C/c2cccc(F)c2)n(-c2ccccc2)c1C. The van der Waals surface area contributed by atoms with Crippen LogP contribution in [0.15, 0.2) is 60.7 Å². The van der Waals surface area contributed by atoms with Crippen LogP contribution in [0.25, 0.3) is 11.8 Å². The zero-order chi connectivity index (χ0) is 22.4. The molecule has 0 fully saturated rings. The predicted molar refractivity (Wildman–Crippen MR) is 115 cm³/mol. The molecule has 0 atom stereocenters. The van der Waals surface area contributed by atoms with E-state index in [-0.39, 0.29) is 0 Å². The standard InChI is InChI=1S/C24H20FN3O3/c1-16-17(2)28(20-9-4-3-5-10-20)24(21(16)14-26)27-22(29)15-31-23(30)12-11-18-7-6-8-19(25)13-18/h3-13H,15H2,1-2H3,(H,27,29)/b12-11+. The molecule has 0 aliphatic rings. The Balaban J connectivity index is 1.71. The first-order valence-electron chi connectivity index (χ1n) is 9.48. The number of nitrogens with one attached hydrogen (secondary N) is 1. The number of amides is 1. The van der Waals surface area contributed by atoms with E-state index in [1.54, 1.807) is 17.6 Å². The highest BCUT2D eigenvalue weighted by molar-refractivity contribution is 5.95. The highest BCUT2D eigenvalue weighted by Gasteiger charge is 2.21. The second-order valence-electron chi connectivity index (χ2n) is 6.76. The highest BCUT2D eigenvalue weighted by Crippen LogP contribution is 2.29. The Labute approximate surface area is 179 Å². The molecule has 1 amide bonds.